The van der Waals surface area contributed by atoms with E-state index in [-0.39, 0.29) is 17.5 Å². The highest BCUT2D eigenvalue weighted by molar-refractivity contribution is 9.10. The van der Waals surface area contributed by atoms with Crippen molar-refractivity contribution >= 4 is 47.4 Å². The summed E-state index contributed by atoms with van der Waals surface area (Å²) in [4.78, 5) is 2.16. The van der Waals surface area contributed by atoms with Gasteiger partial charge in [0, 0.05) is 22.4 Å². The van der Waals surface area contributed by atoms with Crippen LogP contribution in [0.1, 0.15) is 12.5 Å². The fourth-order valence-corrected chi connectivity index (χ4v) is 4.78. The molecule has 0 bridgehead atoms. The van der Waals surface area contributed by atoms with Crippen LogP contribution in [-0.4, -0.2) is 32.5 Å². The Morgan fingerprint density at radius 3 is 2.72 bits per heavy atom. The first-order valence-electron chi connectivity index (χ1n) is 5.74. The Bertz CT molecular complexity index is 545. The summed E-state index contributed by atoms with van der Waals surface area (Å²) in [6.07, 6.45) is 0. The Labute approximate surface area is 125 Å². The molecule has 2 rings (SSSR count). The van der Waals surface area contributed by atoms with Crippen LogP contribution in [0.25, 0.3) is 0 Å². The van der Waals surface area contributed by atoms with Crippen molar-refractivity contribution in [2.24, 2.45) is 0 Å². The van der Waals surface area contributed by atoms with Crippen molar-refractivity contribution in [1.82, 2.24) is 0 Å². The normalized spacial score (nSPS) is 23.1. The van der Waals surface area contributed by atoms with Gasteiger partial charge >= 0.3 is 0 Å². The fraction of sp³-hybridized carbons (Fsp3) is 0.500. The highest BCUT2D eigenvalue weighted by atomic mass is 79.9. The zero-order chi connectivity index (χ0) is 13.3. The lowest BCUT2D eigenvalue weighted by atomic mass is 10.2. The Morgan fingerprint density at radius 2 is 2.17 bits per heavy atom. The van der Waals surface area contributed by atoms with E-state index >= 15 is 0 Å². The molecule has 0 spiro atoms. The van der Waals surface area contributed by atoms with E-state index < -0.39 is 9.84 Å². The number of alkyl halides is 1. The van der Waals surface area contributed by atoms with E-state index in [2.05, 4.69) is 55.0 Å². The molecule has 1 heterocycles. The molecule has 100 valence electrons. The third-order valence-electron chi connectivity index (χ3n) is 3.15. The summed E-state index contributed by atoms with van der Waals surface area (Å²) in [6, 6.07) is 6.20. The van der Waals surface area contributed by atoms with Crippen LogP contribution in [0.5, 0.6) is 0 Å². The van der Waals surface area contributed by atoms with E-state index in [1.165, 1.54) is 5.56 Å². The molecule has 1 fully saturated rings. The van der Waals surface area contributed by atoms with Crippen LogP contribution in [-0.2, 0) is 15.2 Å². The summed E-state index contributed by atoms with van der Waals surface area (Å²) in [5.74, 6) is 0.476. The zero-order valence-electron chi connectivity index (χ0n) is 10.1. The van der Waals surface area contributed by atoms with Crippen LogP contribution < -0.4 is 4.90 Å². The standard InChI is InChI=1S/C12H15Br2NO2S/c1-9-8-18(16,17)5-4-15(9)12-3-2-10(7-13)6-11(12)14/h2-3,6,9H,4-5,7-8H2,1H3. The number of nitrogens with zero attached hydrogens (tertiary/aromatic N) is 1. The van der Waals surface area contributed by atoms with Gasteiger partial charge in [-0.25, -0.2) is 8.42 Å². The zero-order valence-corrected chi connectivity index (χ0v) is 14.1. The topological polar surface area (TPSA) is 37.4 Å². The summed E-state index contributed by atoms with van der Waals surface area (Å²) in [5.41, 5.74) is 2.27. The van der Waals surface area contributed by atoms with Crippen molar-refractivity contribution in [2.45, 2.75) is 18.3 Å². The largest absolute Gasteiger partial charge is 0.366 e. The number of benzene rings is 1. The van der Waals surface area contributed by atoms with E-state index in [0.717, 1.165) is 15.5 Å². The Balaban J connectivity index is 2.27. The molecule has 0 aliphatic carbocycles. The van der Waals surface area contributed by atoms with E-state index in [4.69, 9.17) is 0 Å². The van der Waals surface area contributed by atoms with Crippen molar-refractivity contribution in [3.8, 4) is 0 Å². The van der Waals surface area contributed by atoms with E-state index in [1.54, 1.807) is 0 Å². The second-order valence-corrected chi connectivity index (χ2v) is 8.22. The van der Waals surface area contributed by atoms with Gasteiger partial charge in [-0.3, -0.25) is 0 Å². The summed E-state index contributed by atoms with van der Waals surface area (Å²) in [5, 5.41) is 0.815. The molecular formula is C12H15Br2NO2S. The first kappa shape index (κ1) is 14.3. The molecule has 3 nitrogen and oxygen atoms in total. The van der Waals surface area contributed by atoms with E-state index in [1.807, 2.05) is 6.92 Å². The van der Waals surface area contributed by atoms with Crippen LogP contribution in [0.4, 0.5) is 5.69 Å². The SMILES string of the molecule is CC1CS(=O)(=O)CCN1c1ccc(CBr)cc1Br. The maximum Gasteiger partial charge on any atom is 0.154 e. The Kier molecular flexibility index (Phi) is 4.39. The van der Waals surface area contributed by atoms with E-state index in [0.29, 0.717) is 6.54 Å². The van der Waals surface area contributed by atoms with Crippen molar-refractivity contribution in [2.75, 3.05) is 23.0 Å². The fourth-order valence-electron chi connectivity index (χ4n) is 2.22. The second kappa shape index (κ2) is 5.51. The lowest BCUT2D eigenvalue weighted by Gasteiger charge is -2.35. The highest BCUT2D eigenvalue weighted by Crippen LogP contribution is 2.31. The van der Waals surface area contributed by atoms with Gasteiger partial charge in [0.05, 0.1) is 17.2 Å². The predicted molar refractivity (Wildman–Crippen MR) is 82.2 cm³/mol. The minimum absolute atomic E-state index is 0.0230. The van der Waals surface area contributed by atoms with Crippen molar-refractivity contribution < 1.29 is 8.42 Å². The molecule has 1 aliphatic rings. The molecule has 0 aromatic heterocycles. The summed E-state index contributed by atoms with van der Waals surface area (Å²) >= 11 is 6.99. The predicted octanol–water partition coefficient (Wildman–Crippen LogP) is 2.97. The van der Waals surface area contributed by atoms with Crippen LogP contribution in [0.3, 0.4) is 0 Å². The van der Waals surface area contributed by atoms with Gasteiger partial charge in [-0.1, -0.05) is 22.0 Å². The first-order chi connectivity index (χ1) is 8.43. The number of rotatable bonds is 2. The van der Waals surface area contributed by atoms with Gasteiger partial charge in [0.1, 0.15) is 0 Å². The Hall–Kier alpha value is -0.0700. The van der Waals surface area contributed by atoms with Gasteiger partial charge in [0.2, 0.25) is 0 Å². The third-order valence-corrected chi connectivity index (χ3v) is 6.22. The molecule has 1 aromatic rings. The van der Waals surface area contributed by atoms with Gasteiger partial charge < -0.3 is 4.90 Å². The van der Waals surface area contributed by atoms with E-state index in [9.17, 15) is 8.42 Å². The summed E-state index contributed by atoms with van der Waals surface area (Å²) in [6.45, 7) is 2.53. The van der Waals surface area contributed by atoms with Crippen molar-refractivity contribution in [1.29, 1.82) is 0 Å². The summed E-state index contributed by atoms with van der Waals surface area (Å²) in [7, 11) is -2.86. The number of sulfone groups is 1. The lowest BCUT2D eigenvalue weighted by Crippen LogP contribution is -2.47. The van der Waals surface area contributed by atoms with Crippen LogP contribution in [0.2, 0.25) is 0 Å². The minimum atomic E-state index is -2.86. The molecule has 1 aliphatic heterocycles. The van der Waals surface area contributed by atoms with Gasteiger partial charge in [-0.2, -0.15) is 0 Å². The van der Waals surface area contributed by atoms with Crippen LogP contribution in [0.15, 0.2) is 22.7 Å². The third kappa shape index (κ3) is 3.08. The van der Waals surface area contributed by atoms with Gasteiger partial charge in [-0.05, 0) is 40.5 Å². The van der Waals surface area contributed by atoms with Crippen LogP contribution in [0, 0.1) is 0 Å². The maximum atomic E-state index is 11.6. The molecular weight excluding hydrogens is 382 g/mol. The molecule has 1 aromatic carbocycles. The molecule has 1 atom stereocenters. The molecule has 6 heteroatoms. The Morgan fingerprint density at radius 1 is 1.44 bits per heavy atom. The number of anilines is 1. The monoisotopic (exact) mass is 395 g/mol. The quantitative estimate of drug-likeness (QED) is 0.721. The van der Waals surface area contributed by atoms with Crippen LogP contribution >= 0.6 is 31.9 Å². The number of hydrogen-bond donors (Lipinski definition) is 0. The van der Waals surface area contributed by atoms with Crippen molar-refractivity contribution in [3.05, 3.63) is 28.2 Å². The van der Waals surface area contributed by atoms with Crippen molar-refractivity contribution in [3.63, 3.8) is 0 Å². The molecule has 18 heavy (non-hydrogen) atoms. The second-order valence-electron chi connectivity index (χ2n) is 4.58. The number of halogens is 2. The van der Waals surface area contributed by atoms with Gasteiger partial charge in [0.25, 0.3) is 0 Å². The summed E-state index contributed by atoms with van der Waals surface area (Å²) < 4.78 is 24.2. The molecule has 0 amide bonds. The molecule has 0 radical (unpaired) electrons. The first-order valence-corrected chi connectivity index (χ1v) is 9.48. The minimum Gasteiger partial charge on any atom is -0.366 e. The molecule has 0 N–H and O–H groups in total. The maximum absolute atomic E-state index is 11.6. The average molecular weight is 397 g/mol. The lowest BCUT2D eigenvalue weighted by molar-refractivity contribution is 0.568. The van der Waals surface area contributed by atoms with Gasteiger partial charge in [0.15, 0.2) is 9.84 Å². The smallest absolute Gasteiger partial charge is 0.154 e. The molecule has 0 saturated carbocycles. The average Bonchev–Trinajstić information content (AvgIpc) is 2.29. The molecule has 1 unspecified atom stereocenters. The molecule has 1 saturated heterocycles. The highest BCUT2D eigenvalue weighted by Gasteiger charge is 2.29. The van der Waals surface area contributed by atoms with Gasteiger partial charge in [-0.15, -0.1) is 0 Å². The number of hydrogen-bond acceptors (Lipinski definition) is 3.